The van der Waals surface area contributed by atoms with Crippen LogP contribution in [0, 0.1) is 0 Å². The zero-order valence-electron chi connectivity index (χ0n) is 15.3. The van der Waals surface area contributed by atoms with Crippen LogP contribution in [-0.2, 0) is 10.1 Å². The quantitative estimate of drug-likeness (QED) is 0.332. The normalized spacial score (nSPS) is 13.1. The van der Waals surface area contributed by atoms with E-state index < -0.39 is 10.1 Å². The maximum atomic E-state index is 11.6. The first-order valence-corrected chi connectivity index (χ1v) is 11.0. The molecule has 0 aliphatic carbocycles. The lowest BCUT2D eigenvalue weighted by molar-refractivity contribution is 0.473. The van der Waals surface area contributed by atoms with Crippen molar-refractivity contribution in [2.24, 2.45) is 0 Å². The maximum Gasteiger partial charge on any atom is 0.294 e. The number of hydrogen-bond acceptors (Lipinski definition) is 2. The van der Waals surface area contributed by atoms with Crippen molar-refractivity contribution >= 4 is 10.1 Å². The maximum absolute atomic E-state index is 11.6. The monoisotopic (exact) mass is 354 g/mol. The minimum Gasteiger partial charge on any atom is -0.282 e. The molecule has 24 heavy (non-hydrogen) atoms. The third kappa shape index (κ3) is 7.80. The van der Waals surface area contributed by atoms with Gasteiger partial charge in [-0.15, -0.1) is 0 Å². The molecule has 3 nitrogen and oxygen atoms in total. The fraction of sp³-hybridized carbons (Fsp3) is 0.700. The second-order valence-corrected chi connectivity index (χ2v) is 8.15. The van der Waals surface area contributed by atoms with Crippen molar-refractivity contribution in [1.29, 1.82) is 0 Å². The Bertz CT molecular complexity index is 552. The highest BCUT2D eigenvalue weighted by Gasteiger charge is 2.20. The van der Waals surface area contributed by atoms with Crippen molar-refractivity contribution in [2.75, 3.05) is 0 Å². The fourth-order valence-corrected chi connectivity index (χ4v) is 4.16. The molecule has 0 spiro atoms. The van der Waals surface area contributed by atoms with E-state index >= 15 is 0 Å². The van der Waals surface area contributed by atoms with Crippen molar-refractivity contribution in [2.45, 2.75) is 95.3 Å². The Morgan fingerprint density at radius 1 is 0.833 bits per heavy atom. The molecule has 0 radical (unpaired) electrons. The van der Waals surface area contributed by atoms with Gasteiger partial charge < -0.3 is 0 Å². The molecular weight excluding hydrogens is 320 g/mol. The molecule has 0 heterocycles. The molecule has 0 aliphatic heterocycles. The van der Waals surface area contributed by atoms with E-state index in [1.54, 1.807) is 6.07 Å². The van der Waals surface area contributed by atoms with Gasteiger partial charge in [0.05, 0.1) is 4.90 Å². The molecule has 1 unspecified atom stereocenters. The van der Waals surface area contributed by atoms with Crippen LogP contribution in [0.25, 0.3) is 0 Å². The fourth-order valence-electron chi connectivity index (χ4n) is 3.38. The number of hydrogen-bond donors (Lipinski definition) is 1. The van der Waals surface area contributed by atoms with Gasteiger partial charge in [-0.1, -0.05) is 89.8 Å². The van der Waals surface area contributed by atoms with E-state index in [0.717, 1.165) is 31.2 Å². The average molecular weight is 355 g/mol. The Hall–Kier alpha value is -0.870. The van der Waals surface area contributed by atoms with Crippen LogP contribution in [0.1, 0.15) is 96.0 Å². The molecule has 0 aromatic heterocycles. The van der Waals surface area contributed by atoms with Gasteiger partial charge in [-0.2, -0.15) is 8.42 Å². The zero-order chi connectivity index (χ0) is 17.8. The second-order valence-electron chi connectivity index (χ2n) is 6.76. The van der Waals surface area contributed by atoms with Crippen LogP contribution >= 0.6 is 0 Å². The first kappa shape index (κ1) is 21.2. The van der Waals surface area contributed by atoms with Crippen molar-refractivity contribution in [3.63, 3.8) is 0 Å². The van der Waals surface area contributed by atoms with Crippen molar-refractivity contribution in [3.8, 4) is 0 Å². The molecule has 0 saturated carbocycles. The topological polar surface area (TPSA) is 54.4 Å². The summed E-state index contributed by atoms with van der Waals surface area (Å²) in [5.74, 6) is 0.216. The Morgan fingerprint density at radius 3 is 2.00 bits per heavy atom. The SMILES string of the molecule is CCCCCCCCCCC(CCC)c1ccccc1S(=O)(=O)O. The minimum atomic E-state index is -4.14. The van der Waals surface area contributed by atoms with E-state index in [1.807, 2.05) is 12.1 Å². The van der Waals surface area contributed by atoms with Gasteiger partial charge in [0.1, 0.15) is 0 Å². The number of unbranched alkanes of at least 4 members (excludes halogenated alkanes) is 7. The first-order chi connectivity index (χ1) is 11.5. The van der Waals surface area contributed by atoms with E-state index in [0.29, 0.717) is 0 Å². The summed E-state index contributed by atoms with van der Waals surface area (Å²) in [6.07, 6.45) is 13.2. The highest BCUT2D eigenvalue weighted by Crippen LogP contribution is 2.32. The molecule has 0 fully saturated rings. The predicted molar refractivity (Wildman–Crippen MR) is 101 cm³/mol. The summed E-state index contributed by atoms with van der Waals surface area (Å²) in [7, 11) is -4.14. The smallest absolute Gasteiger partial charge is 0.282 e. The Balaban J connectivity index is 2.54. The highest BCUT2D eigenvalue weighted by atomic mass is 32.2. The lowest BCUT2D eigenvalue weighted by Crippen LogP contribution is -2.08. The molecule has 1 atom stereocenters. The van der Waals surface area contributed by atoms with Crippen LogP contribution < -0.4 is 0 Å². The third-order valence-electron chi connectivity index (χ3n) is 4.68. The third-order valence-corrected chi connectivity index (χ3v) is 5.61. The van der Waals surface area contributed by atoms with Crippen LogP contribution in [0.3, 0.4) is 0 Å². The predicted octanol–water partition coefficient (Wildman–Crippen LogP) is 6.35. The molecule has 0 amide bonds. The Kier molecular flexibility index (Phi) is 10.3. The van der Waals surface area contributed by atoms with Gasteiger partial charge in [0, 0.05) is 0 Å². The van der Waals surface area contributed by atoms with Crippen molar-refractivity contribution < 1.29 is 13.0 Å². The van der Waals surface area contributed by atoms with Gasteiger partial charge in [0.15, 0.2) is 0 Å². The summed E-state index contributed by atoms with van der Waals surface area (Å²) in [5, 5.41) is 0. The molecule has 0 aliphatic rings. The summed E-state index contributed by atoms with van der Waals surface area (Å²) in [6.45, 7) is 4.36. The van der Waals surface area contributed by atoms with E-state index in [9.17, 15) is 13.0 Å². The molecule has 1 aromatic rings. The molecule has 0 bridgehead atoms. The van der Waals surface area contributed by atoms with E-state index in [4.69, 9.17) is 0 Å². The molecular formula is C20H34O3S. The minimum absolute atomic E-state index is 0.0861. The van der Waals surface area contributed by atoms with Crippen LogP contribution in [0.2, 0.25) is 0 Å². The lowest BCUT2D eigenvalue weighted by Gasteiger charge is -2.19. The van der Waals surface area contributed by atoms with Crippen LogP contribution in [0.4, 0.5) is 0 Å². The number of rotatable bonds is 13. The standard InChI is InChI=1S/C20H34O3S/c1-3-5-6-7-8-9-10-11-15-18(14-4-2)19-16-12-13-17-20(19)24(21,22)23/h12-13,16-18H,3-11,14-15H2,1-2H3,(H,21,22,23). The van der Waals surface area contributed by atoms with E-state index in [-0.39, 0.29) is 10.8 Å². The first-order valence-electron chi connectivity index (χ1n) is 9.57. The molecule has 0 saturated heterocycles. The van der Waals surface area contributed by atoms with Crippen LogP contribution in [0.5, 0.6) is 0 Å². The highest BCUT2D eigenvalue weighted by molar-refractivity contribution is 7.85. The Labute approximate surface area is 148 Å². The van der Waals surface area contributed by atoms with E-state index in [2.05, 4.69) is 13.8 Å². The summed E-state index contributed by atoms with van der Waals surface area (Å²) in [5.41, 5.74) is 0.782. The van der Waals surface area contributed by atoms with E-state index in [1.165, 1.54) is 51.0 Å². The second kappa shape index (κ2) is 11.6. The summed E-state index contributed by atoms with van der Waals surface area (Å²) < 4.78 is 32.7. The Morgan fingerprint density at radius 2 is 1.42 bits per heavy atom. The van der Waals surface area contributed by atoms with Gasteiger partial charge in [-0.05, 0) is 30.4 Å². The molecule has 1 N–H and O–H groups in total. The summed E-state index contributed by atoms with van der Waals surface area (Å²) >= 11 is 0. The zero-order valence-corrected chi connectivity index (χ0v) is 16.2. The van der Waals surface area contributed by atoms with Crippen molar-refractivity contribution in [1.82, 2.24) is 0 Å². The van der Waals surface area contributed by atoms with Gasteiger partial charge in [0.2, 0.25) is 0 Å². The molecule has 4 heteroatoms. The summed E-state index contributed by atoms with van der Waals surface area (Å²) in [4.78, 5) is 0.0861. The van der Waals surface area contributed by atoms with Gasteiger partial charge >= 0.3 is 0 Å². The molecule has 138 valence electrons. The lowest BCUT2D eigenvalue weighted by atomic mass is 9.89. The number of benzene rings is 1. The molecule has 1 aromatic carbocycles. The molecule has 1 rings (SSSR count). The largest absolute Gasteiger partial charge is 0.294 e. The van der Waals surface area contributed by atoms with Crippen molar-refractivity contribution in [3.05, 3.63) is 29.8 Å². The summed E-state index contributed by atoms with van der Waals surface area (Å²) in [6, 6.07) is 6.90. The van der Waals surface area contributed by atoms with Gasteiger partial charge in [-0.3, -0.25) is 4.55 Å². The van der Waals surface area contributed by atoms with Crippen LogP contribution in [0.15, 0.2) is 29.2 Å². The van der Waals surface area contributed by atoms with Gasteiger partial charge in [-0.25, -0.2) is 0 Å². The van der Waals surface area contributed by atoms with Crippen LogP contribution in [-0.4, -0.2) is 13.0 Å². The van der Waals surface area contributed by atoms with Gasteiger partial charge in [0.25, 0.3) is 10.1 Å². The average Bonchev–Trinajstić information content (AvgIpc) is 2.55.